The third-order valence-corrected chi connectivity index (χ3v) is 4.20. The van der Waals surface area contributed by atoms with Gasteiger partial charge in [-0.3, -0.25) is 4.79 Å². The normalized spacial score (nSPS) is 10.5. The Hall–Kier alpha value is -1.07. The Morgan fingerprint density at radius 3 is 2.82 bits per heavy atom. The molecule has 0 aliphatic heterocycles. The second-order valence-corrected chi connectivity index (χ2v) is 5.37. The van der Waals surface area contributed by atoms with Gasteiger partial charge >= 0.3 is 0 Å². The van der Waals surface area contributed by atoms with Gasteiger partial charge in [-0.2, -0.15) is 0 Å². The fourth-order valence-electron chi connectivity index (χ4n) is 1.46. The van der Waals surface area contributed by atoms with Crippen molar-refractivity contribution in [1.29, 1.82) is 0 Å². The molecule has 0 unspecified atom stereocenters. The molecule has 0 aliphatic carbocycles. The van der Waals surface area contributed by atoms with E-state index in [-0.39, 0.29) is 5.82 Å². The highest BCUT2D eigenvalue weighted by Crippen LogP contribution is 2.30. The van der Waals surface area contributed by atoms with E-state index in [9.17, 15) is 9.18 Å². The molecule has 2 aromatic rings. The van der Waals surface area contributed by atoms with Crippen LogP contribution in [0.5, 0.6) is 0 Å². The van der Waals surface area contributed by atoms with Crippen LogP contribution in [-0.4, -0.2) is 11.3 Å². The number of aromatic nitrogens is 1. The summed E-state index contributed by atoms with van der Waals surface area (Å²) in [7, 11) is 0. The average Bonchev–Trinajstić information content (AvgIpc) is 2.75. The molecule has 17 heavy (non-hydrogen) atoms. The Morgan fingerprint density at radius 2 is 2.29 bits per heavy atom. The Labute approximate surface area is 111 Å². The summed E-state index contributed by atoms with van der Waals surface area (Å²) in [5.74, 6) is -0.309. The molecular weight excluding hydrogens is 305 g/mol. The monoisotopic (exact) mass is 313 g/mol. The van der Waals surface area contributed by atoms with E-state index in [1.165, 1.54) is 17.4 Å². The third kappa shape index (κ3) is 2.45. The van der Waals surface area contributed by atoms with E-state index in [1.54, 1.807) is 12.1 Å². The maximum absolute atomic E-state index is 13.1. The van der Waals surface area contributed by atoms with Crippen molar-refractivity contribution in [1.82, 2.24) is 4.98 Å². The largest absolute Gasteiger partial charge is 0.296 e. The molecule has 2 rings (SSSR count). The molecule has 0 bridgehead atoms. The van der Waals surface area contributed by atoms with Gasteiger partial charge in [-0.05, 0) is 40.5 Å². The van der Waals surface area contributed by atoms with E-state index < -0.39 is 0 Å². The first-order valence-electron chi connectivity index (χ1n) is 5.06. The number of carbonyl (C=O) groups excluding carboxylic acids is 1. The Kier molecular flexibility index (Phi) is 3.69. The Balaban J connectivity index is 2.49. The lowest BCUT2D eigenvalue weighted by atomic mass is 10.2. The van der Waals surface area contributed by atoms with Crippen LogP contribution >= 0.6 is 27.3 Å². The lowest BCUT2D eigenvalue weighted by Gasteiger charge is -1.98. The Morgan fingerprint density at radius 1 is 1.53 bits per heavy atom. The number of nitrogens with zero attached hydrogens (tertiary/aromatic N) is 1. The van der Waals surface area contributed by atoms with Crippen molar-refractivity contribution in [3.05, 3.63) is 39.1 Å². The van der Waals surface area contributed by atoms with Crippen LogP contribution in [0.25, 0.3) is 10.6 Å². The molecule has 0 fully saturated rings. The highest BCUT2D eigenvalue weighted by molar-refractivity contribution is 9.10. The second-order valence-electron chi connectivity index (χ2n) is 3.43. The summed E-state index contributed by atoms with van der Waals surface area (Å²) < 4.78 is 13.5. The summed E-state index contributed by atoms with van der Waals surface area (Å²) in [5.41, 5.74) is 1.29. The zero-order valence-corrected chi connectivity index (χ0v) is 11.4. The molecular formula is C12H9BrFNOS. The number of thiazole rings is 1. The van der Waals surface area contributed by atoms with Crippen LogP contribution in [0.4, 0.5) is 4.39 Å². The minimum atomic E-state index is -0.309. The van der Waals surface area contributed by atoms with Crippen molar-refractivity contribution >= 4 is 33.6 Å². The van der Waals surface area contributed by atoms with E-state index >= 15 is 0 Å². The van der Waals surface area contributed by atoms with Gasteiger partial charge in [0, 0.05) is 10.4 Å². The van der Waals surface area contributed by atoms with Crippen molar-refractivity contribution < 1.29 is 9.18 Å². The maximum Gasteiger partial charge on any atom is 0.169 e. The first-order valence-corrected chi connectivity index (χ1v) is 6.67. The minimum absolute atomic E-state index is 0.309. The van der Waals surface area contributed by atoms with Gasteiger partial charge in [0.25, 0.3) is 0 Å². The fraction of sp³-hybridized carbons (Fsp3) is 0.167. The van der Waals surface area contributed by atoms with E-state index in [0.29, 0.717) is 10.2 Å². The molecule has 2 nitrogen and oxygen atoms in total. The van der Waals surface area contributed by atoms with Crippen LogP contribution < -0.4 is 0 Å². The highest BCUT2D eigenvalue weighted by Gasteiger charge is 2.11. The van der Waals surface area contributed by atoms with Crippen LogP contribution in [0.3, 0.4) is 0 Å². The molecule has 0 amide bonds. The number of benzene rings is 1. The third-order valence-electron chi connectivity index (χ3n) is 2.33. The van der Waals surface area contributed by atoms with Crippen LogP contribution in [-0.2, 0) is 6.42 Å². The number of rotatable bonds is 3. The first kappa shape index (κ1) is 12.4. The molecule has 0 saturated carbocycles. The van der Waals surface area contributed by atoms with Crippen molar-refractivity contribution in [2.24, 2.45) is 0 Å². The number of aldehydes is 1. The number of carbonyl (C=O) groups is 1. The molecule has 1 heterocycles. The standard InChI is InChI=1S/C12H9BrFNOS/c1-2-11-10(6-16)15-12(17-11)7-3-4-9(14)8(13)5-7/h3-6H,2H2,1H3. The van der Waals surface area contributed by atoms with Gasteiger partial charge in [-0.15, -0.1) is 11.3 Å². The van der Waals surface area contributed by atoms with E-state index in [2.05, 4.69) is 20.9 Å². The lowest BCUT2D eigenvalue weighted by Crippen LogP contribution is -1.85. The number of hydrogen-bond donors (Lipinski definition) is 0. The Bertz CT molecular complexity index is 568. The highest BCUT2D eigenvalue weighted by atomic mass is 79.9. The first-order chi connectivity index (χ1) is 8.15. The van der Waals surface area contributed by atoms with Crippen LogP contribution in [0.2, 0.25) is 0 Å². The molecule has 0 saturated heterocycles. The quantitative estimate of drug-likeness (QED) is 0.799. The molecule has 0 radical (unpaired) electrons. The summed E-state index contributed by atoms with van der Waals surface area (Å²) in [6, 6.07) is 4.71. The van der Waals surface area contributed by atoms with Gasteiger partial charge in [-0.1, -0.05) is 6.92 Å². The van der Waals surface area contributed by atoms with Gasteiger partial charge < -0.3 is 0 Å². The van der Waals surface area contributed by atoms with Crippen molar-refractivity contribution in [2.75, 3.05) is 0 Å². The topological polar surface area (TPSA) is 30.0 Å². The molecule has 1 aromatic carbocycles. The van der Waals surface area contributed by atoms with Gasteiger partial charge in [0.2, 0.25) is 0 Å². The molecule has 5 heteroatoms. The predicted molar refractivity (Wildman–Crippen MR) is 70.0 cm³/mol. The zero-order chi connectivity index (χ0) is 12.4. The molecule has 0 atom stereocenters. The molecule has 0 N–H and O–H groups in total. The van der Waals surface area contributed by atoms with Crippen LogP contribution in [0.15, 0.2) is 22.7 Å². The van der Waals surface area contributed by atoms with Crippen LogP contribution in [0, 0.1) is 5.82 Å². The summed E-state index contributed by atoms with van der Waals surface area (Å²) in [5, 5.41) is 0.740. The zero-order valence-electron chi connectivity index (χ0n) is 9.04. The van der Waals surface area contributed by atoms with Gasteiger partial charge in [0.15, 0.2) is 6.29 Å². The fourth-order valence-corrected chi connectivity index (χ4v) is 2.81. The van der Waals surface area contributed by atoms with E-state index in [4.69, 9.17) is 0 Å². The SMILES string of the molecule is CCc1sc(-c2ccc(F)c(Br)c2)nc1C=O. The smallest absolute Gasteiger partial charge is 0.169 e. The van der Waals surface area contributed by atoms with Gasteiger partial charge in [0.05, 0.1) is 4.47 Å². The molecule has 88 valence electrons. The minimum Gasteiger partial charge on any atom is -0.296 e. The van der Waals surface area contributed by atoms with E-state index in [1.807, 2.05) is 6.92 Å². The molecule has 0 aliphatic rings. The summed E-state index contributed by atoms with van der Waals surface area (Å²) in [4.78, 5) is 16.0. The lowest BCUT2D eigenvalue weighted by molar-refractivity contribution is 0.111. The van der Waals surface area contributed by atoms with E-state index in [0.717, 1.165) is 28.2 Å². The molecule has 0 spiro atoms. The number of aryl methyl sites for hydroxylation is 1. The average molecular weight is 314 g/mol. The van der Waals surface area contributed by atoms with Crippen molar-refractivity contribution in [3.63, 3.8) is 0 Å². The summed E-state index contributed by atoms with van der Waals surface area (Å²) in [6.45, 7) is 1.98. The predicted octanol–water partition coefficient (Wildman–Crippen LogP) is 4.09. The number of hydrogen-bond acceptors (Lipinski definition) is 3. The van der Waals surface area contributed by atoms with Gasteiger partial charge in [-0.25, -0.2) is 9.37 Å². The number of halogens is 2. The van der Waals surface area contributed by atoms with Crippen molar-refractivity contribution in [3.8, 4) is 10.6 Å². The van der Waals surface area contributed by atoms with Crippen molar-refractivity contribution in [2.45, 2.75) is 13.3 Å². The summed E-state index contributed by atoms with van der Waals surface area (Å²) >= 11 is 4.60. The van der Waals surface area contributed by atoms with Gasteiger partial charge in [0.1, 0.15) is 16.5 Å². The maximum atomic E-state index is 13.1. The van der Waals surface area contributed by atoms with Crippen LogP contribution in [0.1, 0.15) is 22.3 Å². The molecule has 1 aromatic heterocycles. The summed E-state index contributed by atoms with van der Waals surface area (Å²) in [6.07, 6.45) is 1.53. The second kappa shape index (κ2) is 5.06.